The molecule has 0 aromatic carbocycles. The zero-order chi connectivity index (χ0) is 9.19. The van der Waals surface area contributed by atoms with E-state index in [1.807, 2.05) is 0 Å². The van der Waals surface area contributed by atoms with E-state index in [1.54, 1.807) is 0 Å². The predicted octanol–water partition coefficient (Wildman–Crippen LogP) is 2.76. The maximum atomic E-state index is 2.43. The molecule has 0 atom stereocenters. The van der Waals surface area contributed by atoms with Gasteiger partial charge in [0.05, 0.1) is 0 Å². The van der Waals surface area contributed by atoms with E-state index in [0.29, 0.717) is 5.41 Å². The minimum atomic E-state index is 0.693. The van der Waals surface area contributed by atoms with Gasteiger partial charge in [-0.1, -0.05) is 27.2 Å². The van der Waals surface area contributed by atoms with Crippen LogP contribution in [0, 0.1) is 11.3 Å². The summed E-state index contributed by atoms with van der Waals surface area (Å²) in [6, 6.07) is 0. The van der Waals surface area contributed by atoms with E-state index in [4.69, 9.17) is 0 Å². The van der Waals surface area contributed by atoms with Crippen molar-refractivity contribution in [2.45, 2.75) is 40.0 Å². The highest BCUT2D eigenvalue weighted by atomic mass is 15.2. The summed E-state index contributed by atoms with van der Waals surface area (Å²) in [6.07, 6.45) is 4.21. The highest BCUT2D eigenvalue weighted by Crippen LogP contribution is 2.38. The second-order valence-electron chi connectivity index (χ2n) is 4.96. The summed E-state index contributed by atoms with van der Waals surface area (Å²) < 4.78 is 0. The number of hydrogen-bond donors (Lipinski definition) is 0. The Morgan fingerprint density at radius 3 is 2.25 bits per heavy atom. The summed E-state index contributed by atoms with van der Waals surface area (Å²) in [5, 5.41) is 0. The Balaban J connectivity index is 2.27. The molecule has 1 nitrogen and oxygen atoms in total. The van der Waals surface area contributed by atoms with Crippen LogP contribution in [0.3, 0.4) is 0 Å². The molecule has 0 unspecified atom stereocenters. The first-order chi connectivity index (χ1) is 5.58. The van der Waals surface area contributed by atoms with Gasteiger partial charge in [-0.25, -0.2) is 0 Å². The Bertz CT molecular complexity index is 134. The smallest absolute Gasteiger partial charge is 0.00473 e. The Labute approximate surface area is 77.1 Å². The third kappa shape index (κ3) is 2.22. The van der Waals surface area contributed by atoms with Crippen LogP contribution in [0.5, 0.6) is 0 Å². The van der Waals surface area contributed by atoms with E-state index < -0.39 is 0 Å². The molecule has 0 aromatic rings. The summed E-state index contributed by atoms with van der Waals surface area (Å²) in [5.41, 5.74) is 0.693. The van der Waals surface area contributed by atoms with Crippen molar-refractivity contribution in [2.75, 3.05) is 20.1 Å². The summed E-state index contributed by atoms with van der Waals surface area (Å²) in [6.45, 7) is 9.65. The highest BCUT2D eigenvalue weighted by Gasteiger charge is 2.38. The first-order valence-electron chi connectivity index (χ1n) is 5.26. The van der Waals surface area contributed by atoms with E-state index in [9.17, 15) is 0 Å². The van der Waals surface area contributed by atoms with Crippen LogP contribution in [0.2, 0.25) is 0 Å². The number of rotatable bonds is 4. The van der Waals surface area contributed by atoms with Crippen molar-refractivity contribution < 1.29 is 0 Å². The average Bonchev–Trinajstić information content (AvgIpc) is 1.95. The number of hydrogen-bond acceptors (Lipinski definition) is 1. The van der Waals surface area contributed by atoms with E-state index in [1.165, 1.54) is 32.4 Å². The maximum Gasteiger partial charge on any atom is 0.00473 e. The lowest BCUT2D eigenvalue weighted by molar-refractivity contribution is 0.00683. The van der Waals surface area contributed by atoms with Crippen LogP contribution < -0.4 is 0 Å². The van der Waals surface area contributed by atoms with Gasteiger partial charge in [0, 0.05) is 13.1 Å². The van der Waals surface area contributed by atoms with Gasteiger partial charge in [-0.2, -0.15) is 0 Å². The van der Waals surface area contributed by atoms with Gasteiger partial charge in [0.25, 0.3) is 0 Å². The van der Waals surface area contributed by atoms with Crippen LogP contribution in [0.15, 0.2) is 0 Å². The quantitative estimate of drug-likeness (QED) is 0.625. The van der Waals surface area contributed by atoms with Crippen molar-refractivity contribution in [1.82, 2.24) is 4.90 Å². The van der Waals surface area contributed by atoms with Crippen molar-refractivity contribution in [2.24, 2.45) is 11.3 Å². The monoisotopic (exact) mass is 169 g/mol. The van der Waals surface area contributed by atoms with Crippen LogP contribution in [0.25, 0.3) is 0 Å². The average molecular weight is 169 g/mol. The van der Waals surface area contributed by atoms with E-state index >= 15 is 0 Å². The van der Waals surface area contributed by atoms with Crippen molar-refractivity contribution in [1.29, 1.82) is 0 Å². The lowest BCUT2D eigenvalue weighted by Crippen LogP contribution is -2.53. The Kier molecular flexibility index (Phi) is 3.16. The predicted molar refractivity (Wildman–Crippen MR) is 54.3 cm³/mol. The molecular formula is C11H23N. The molecule has 0 aliphatic carbocycles. The topological polar surface area (TPSA) is 3.24 Å². The van der Waals surface area contributed by atoms with Gasteiger partial charge >= 0.3 is 0 Å². The molecule has 72 valence electrons. The molecule has 1 rings (SSSR count). The maximum absolute atomic E-state index is 2.43. The van der Waals surface area contributed by atoms with E-state index in [2.05, 4.69) is 32.7 Å². The summed E-state index contributed by atoms with van der Waals surface area (Å²) >= 11 is 0. The lowest BCUT2D eigenvalue weighted by Gasteiger charge is -2.49. The van der Waals surface area contributed by atoms with Crippen LogP contribution in [0.1, 0.15) is 40.0 Å². The first kappa shape index (κ1) is 10.0. The molecule has 0 N–H and O–H groups in total. The molecule has 1 aliphatic rings. The van der Waals surface area contributed by atoms with E-state index in [-0.39, 0.29) is 0 Å². The Hall–Kier alpha value is -0.0400. The van der Waals surface area contributed by atoms with Gasteiger partial charge in [-0.05, 0) is 31.2 Å². The van der Waals surface area contributed by atoms with Crippen molar-refractivity contribution in [3.63, 3.8) is 0 Å². The van der Waals surface area contributed by atoms with Crippen LogP contribution in [-0.4, -0.2) is 25.0 Å². The third-order valence-corrected chi connectivity index (χ3v) is 3.21. The van der Waals surface area contributed by atoms with Gasteiger partial charge < -0.3 is 4.90 Å². The molecule has 1 fully saturated rings. The lowest BCUT2D eigenvalue weighted by atomic mass is 9.73. The van der Waals surface area contributed by atoms with Crippen LogP contribution in [0.4, 0.5) is 0 Å². The second-order valence-corrected chi connectivity index (χ2v) is 4.96. The SMILES string of the molecule is CCC1(CCC(C)C)CN(C)C1. The van der Waals surface area contributed by atoms with Gasteiger partial charge in [-0.15, -0.1) is 0 Å². The molecule has 0 aromatic heterocycles. The molecule has 1 heterocycles. The fraction of sp³-hybridized carbons (Fsp3) is 1.00. The minimum absolute atomic E-state index is 0.693. The molecule has 1 aliphatic heterocycles. The van der Waals surface area contributed by atoms with Crippen LogP contribution >= 0.6 is 0 Å². The normalized spacial score (nSPS) is 22.8. The van der Waals surface area contributed by atoms with Crippen molar-refractivity contribution in [3.8, 4) is 0 Å². The summed E-state index contributed by atoms with van der Waals surface area (Å²) in [7, 11) is 2.23. The first-order valence-corrected chi connectivity index (χ1v) is 5.26. The molecule has 0 spiro atoms. The molecular weight excluding hydrogens is 146 g/mol. The van der Waals surface area contributed by atoms with Gasteiger partial charge in [0.1, 0.15) is 0 Å². The van der Waals surface area contributed by atoms with Crippen molar-refractivity contribution in [3.05, 3.63) is 0 Å². The van der Waals surface area contributed by atoms with Gasteiger partial charge in [0.2, 0.25) is 0 Å². The summed E-state index contributed by atoms with van der Waals surface area (Å²) in [4.78, 5) is 2.43. The standard InChI is InChI=1S/C11H23N/c1-5-11(7-6-10(2)3)8-12(4)9-11/h10H,5-9H2,1-4H3. The molecule has 1 heteroatoms. The number of likely N-dealkylation sites (tertiary alicyclic amines) is 1. The Morgan fingerprint density at radius 1 is 1.33 bits per heavy atom. The number of nitrogens with zero attached hydrogens (tertiary/aromatic N) is 1. The minimum Gasteiger partial charge on any atom is -0.305 e. The third-order valence-electron chi connectivity index (χ3n) is 3.21. The zero-order valence-corrected chi connectivity index (χ0v) is 9.06. The fourth-order valence-electron chi connectivity index (χ4n) is 2.25. The zero-order valence-electron chi connectivity index (χ0n) is 9.06. The van der Waals surface area contributed by atoms with Crippen LogP contribution in [-0.2, 0) is 0 Å². The van der Waals surface area contributed by atoms with Gasteiger partial charge in [-0.3, -0.25) is 0 Å². The second kappa shape index (κ2) is 3.78. The van der Waals surface area contributed by atoms with Gasteiger partial charge in [0.15, 0.2) is 0 Å². The van der Waals surface area contributed by atoms with E-state index in [0.717, 1.165) is 5.92 Å². The summed E-state index contributed by atoms with van der Waals surface area (Å²) in [5.74, 6) is 0.874. The highest BCUT2D eigenvalue weighted by molar-refractivity contribution is 4.92. The molecule has 0 radical (unpaired) electrons. The largest absolute Gasteiger partial charge is 0.305 e. The molecule has 0 bridgehead atoms. The molecule has 0 amide bonds. The molecule has 0 saturated carbocycles. The van der Waals surface area contributed by atoms with Crippen molar-refractivity contribution >= 4 is 0 Å². The molecule has 1 saturated heterocycles. The fourth-order valence-corrected chi connectivity index (χ4v) is 2.25. The Morgan fingerprint density at radius 2 is 1.92 bits per heavy atom. The molecule has 12 heavy (non-hydrogen) atoms.